The zero-order chi connectivity index (χ0) is 20.5. The summed E-state index contributed by atoms with van der Waals surface area (Å²) in [6, 6.07) is -0.461. The van der Waals surface area contributed by atoms with E-state index in [1.165, 1.54) is 11.2 Å². The molecule has 0 unspecified atom stereocenters. The second kappa shape index (κ2) is 7.52. The van der Waals surface area contributed by atoms with Gasteiger partial charge in [-0.3, -0.25) is 19.2 Å². The Labute approximate surface area is 165 Å². The van der Waals surface area contributed by atoms with Gasteiger partial charge in [-0.15, -0.1) is 0 Å². The highest BCUT2D eigenvalue weighted by molar-refractivity contribution is 6.09. The first-order valence-corrected chi connectivity index (χ1v) is 9.83. The molecule has 2 heterocycles. The van der Waals surface area contributed by atoms with Gasteiger partial charge in [0, 0.05) is 13.6 Å². The third kappa shape index (κ3) is 4.02. The number of likely N-dealkylation sites (N-methyl/N-ethyl adjacent to an activating group) is 1. The summed E-state index contributed by atoms with van der Waals surface area (Å²) >= 11 is 0. The van der Waals surface area contributed by atoms with Crippen molar-refractivity contribution in [1.82, 2.24) is 29.9 Å². The molecule has 4 amide bonds. The minimum absolute atomic E-state index is 0.190. The van der Waals surface area contributed by atoms with Crippen molar-refractivity contribution in [1.29, 1.82) is 0 Å². The van der Waals surface area contributed by atoms with Gasteiger partial charge in [-0.05, 0) is 37.0 Å². The number of carbonyl (C=O) groups is 3. The van der Waals surface area contributed by atoms with Gasteiger partial charge in [0.2, 0.25) is 5.91 Å². The molecule has 0 atom stereocenters. The lowest BCUT2D eigenvalue weighted by Gasteiger charge is -2.40. The molecule has 0 aromatic carbocycles. The number of aromatic nitrogens is 3. The van der Waals surface area contributed by atoms with Crippen LogP contribution >= 0.6 is 0 Å². The normalized spacial score (nSPS) is 25.3. The third-order valence-electron chi connectivity index (χ3n) is 6.16. The molecule has 28 heavy (non-hydrogen) atoms. The van der Waals surface area contributed by atoms with Gasteiger partial charge in [0.05, 0.1) is 6.54 Å². The molecule has 2 aliphatic rings. The van der Waals surface area contributed by atoms with Gasteiger partial charge in [0.1, 0.15) is 24.7 Å². The van der Waals surface area contributed by atoms with Crippen molar-refractivity contribution in [2.24, 2.45) is 11.3 Å². The molecular weight excluding hydrogens is 360 g/mol. The van der Waals surface area contributed by atoms with Crippen molar-refractivity contribution in [3.8, 4) is 0 Å². The van der Waals surface area contributed by atoms with Crippen molar-refractivity contribution in [2.75, 3.05) is 20.1 Å². The number of nitrogens with one attached hydrogen (secondary N) is 1. The molecule has 1 N–H and O–H groups in total. The molecule has 1 aliphatic carbocycles. The molecule has 9 nitrogen and oxygen atoms in total. The Morgan fingerprint density at radius 3 is 2.57 bits per heavy atom. The molecule has 1 saturated heterocycles. The predicted octanol–water partition coefficient (Wildman–Crippen LogP) is 1.26. The summed E-state index contributed by atoms with van der Waals surface area (Å²) in [5, 5.41) is 6.88. The fraction of sp³-hybridized carbons (Fsp3) is 0.737. The SMILES string of the molecule is CN(CCn1cncn1)C(=O)CN1C(=O)NC2(CCC(C(C)(C)C)CC2)C1=O. The smallest absolute Gasteiger partial charge is 0.325 e. The first-order chi connectivity index (χ1) is 13.1. The molecule has 1 aliphatic heterocycles. The maximum Gasteiger partial charge on any atom is 0.325 e. The summed E-state index contributed by atoms with van der Waals surface area (Å²) in [6.07, 6.45) is 6.07. The highest BCUT2D eigenvalue weighted by Gasteiger charge is 2.53. The third-order valence-corrected chi connectivity index (χ3v) is 6.16. The summed E-state index contributed by atoms with van der Waals surface area (Å²) in [7, 11) is 1.65. The van der Waals surface area contributed by atoms with E-state index in [0.29, 0.717) is 31.8 Å². The number of nitrogens with zero attached hydrogens (tertiary/aromatic N) is 5. The lowest BCUT2D eigenvalue weighted by Crippen LogP contribution is -2.51. The van der Waals surface area contributed by atoms with Gasteiger partial charge in [-0.25, -0.2) is 9.78 Å². The number of hydrogen-bond donors (Lipinski definition) is 1. The molecule has 2 fully saturated rings. The van der Waals surface area contributed by atoms with E-state index in [-0.39, 0.29) is 23.8 Å². The minimum Gasteiger partial charge on any atom is -0.342 e. The van der Waals surface area contributed by atoms with Gasteiger partial charge in [0.25, 0.3) is 5.91 Å². The fourth-order valence-corrected chi connectivity index (χ4v) is 4.12. The first-order valence-electron chi connectivity index (χ1n) is 9.83. The molecule has 1 spiro atoms. The van der Waals surface area contributed by atoms with Crippen LogP contribution in [0.25, 0.3) is 0 Å². The molecule has 154 valence electrons. The Hall–Kier alpha value is -2.45. The summed E-state index contributed by atoms with van der Waals surface area (Å²) < 4.78 is 1.63. The standard InChI is InChI=1S/C19H30N6O3/c1-18(2,3)14-5-7-19(8-6-14)16(27)25(17(28)22-19)11-15(26)23(4)9-10-24-13-20-12-21-24/h12-14H,5-11H2,1-4H3,(H,22,28). The van der Waals surface area contributed by atoms with Crippen molar-refractivity contribution in [3.63, 3.8) is 0 Å². The second-order valence-electron chi connectivity index (χ2n) is 9.02. The lowest BCUT2D eigenvalue weighted by molar-refractivity contribution is -0.139. The maximum atomic E-state index is 13.0. The Bertz CT molecular complexity index is 731. The molecule has 0 bridgehead atoms. The second-order valence-corrected chi connectivity index (χ2v) is 9.02. The summed E-state index contributed by atoms with van der Waals surface area (Å²) in [4.78, 5) is 44.4. The number of urea groups is 1. The van der Waals surface area contributed by atoms with Gasteiger partial charge in [-0.1, -0.05) is 20.8 Å². The van der Waals surface area contributed by atoms with E-state index in [4.69, 9.17) is 0 Å². The van der Waals surface area contributed by atoms with Crippen LogP contribution in [0.1, 0.15) is 46.5 Å². The van der Waals surface area contributed by atoms with Gasteiger partial charge < -0.3 is 10.2 Å². The van der Waals surface area contributed by atoms with Crippen LogP contribution in [0.5, 0.6) is 0 Å². The summed E-state index contributed by atoms with van der Waals surface area (Å²) in [6.45, 7) is 7.33. The van der Waals surface area contributed by atoms with E-state index in [9.17, 15) is 14.4 Å². The van der Waals surface area contributed by atoms with E-state index in [1.807, 2.05) is 0 Å². The Balaban J connectivity index is 1.57. The number of rotatable bonds is 5. The van der Waals surface area contributed by atoms with Crippen LogP contribution in [0.2, 0.25) is 0 Å². The average molecular weight is 390 g/mol. The monoisotopic (exact) mass is 390 g/mol. The van der Waals surface area contributed by atoms with Crippen LogP contribution < -0.4 is 5.32 Å². The molecule has 1 saturated carbocycles. The molecule has 1 aromatic heterocycles. The Morgan fingerprint density at radius 2 is 2.00 bits per heavy atom. The number of hydrogen-bond acceptors (Lipinski definition) is 5. The van der Waals surface area contributed by atoms with Crippen LogP contribution in [-0.4, -0.2) is 68.1 Å². The quantitative estimate of drug-likeness (QED) is 0.763. The first kappa shape index (κ1) is 20.3. The Morgan fingerprint density at radius 1 is 1.32 bits per heavy atom. The minimum atomic E-state index is -0.835. The van der Waals surface area contributed by atoms with E-state index in [1.54, 1.807) is 18.1 Å². The van der Waals surface area contributed by atoms with Crippen LogP contribution in [0.3, 0.4) is 0 Å². The Kier molecular flexibility index (Phi) is 5.45. The maximum absolute atomic E-state index is 13.0. The van der Waals surface area contributed by atoms with Gasteiger partial charge in [-0.2, -0.15) is 5.10 Å². The molecular formula is C19H30N6O3. The van der Waals surface area contributed by atoms with Crippen molar-refractivity contribution < 1.29 is 14.4 Å². The largest absolute Gasteiger partial charge is 0.342 e. The lowest BCUT2D eigenvalue weighted by atomic mass is 9.67. The average Bonchev–Trinajstić information content (AvgIpc) is 3.22. The molecule has 9 heteroatoms. The number of carbonyl (C=O) groups excluding carboxylic acids is 3. The zero-order valence-electron chi connectivity index (χ0n) is 17.1. The highest BCUT2D eigenvalue weighted by atomic mass is 16.2. The van der Waals surface area contributed by atoms with Crippen LogP contribution in [0.15, 0.2) is 12.7 Å². The summed E-state index contributed by atoms with van der Waals surface area (Å²) in [5.41, 5.74) is -0.645. The predicted molar refractivity (Wildman–Crippen MR) is 102 cm³/mol. The van der Waals surface area contributed by atoms with Crippen molar-refractivity contribution >= 4 is 17.8 Å². The van der Waals surface area contributed by atoms with E-state index in [0.717, 1.165) is 17.7 Å². The van der Waals surface area contributed by atoms with E-state index < -0.39 is 11.6 Å². The van der Waals surface area contributed by atoms with Crippen molar-refractivity contribution in [3.05, 3.63) is 12.7 Å². The van der Waals surface area contributed by atoms with E-state index in [2.05, 4.69) is 36.2 Å². The molecule has 0 radical (unpaired) electrons. The van der Waals surface area contributed by atoms with Gasteiger partial charge in [0.15, 0.2) is 0 Å². The number of imide groups is 1. The number of amides is 4. The van der Waals surface area contributed by atoms with E-state index >= 15 is 0 Å². The fourth-order valence-electron chi connectivity index (χ4n) is 4.12. The van der Waals surface area contributed by atoms with Gasteiger partial charge >= 0.3 is 6.03 Å². The molecule has 3 rings (SSSR count). The highest BCUT2D eigenvalue weighted by Crippen LogP contribution is 2.43. The zero-order valence-corrected chi connectivity index (χ0v) is 17.1. The molecule has 1 aromatic rings. The summed E-state index contributed by atoms with van der Waals surface area (Å²) in [5.74, 6) is -0.00615. The van der Waals surface area contributed by atoms with Crippen LogP contribution in [0.4, 0.5) is 4.79 Å². The van der Waals surface area contributed by atoms with Crippen molar-refractivity contribution in [2.45, 2.75) is 58.5 Å². The van der Waals surface area contributed by atoms with Crippen LogP contribution in [-0.2, 0) is 16.1 Å². The topological polar surface area (TPSA) is 100 Å². The van der Waals surface area contributed by atoms with Crippen LogP contribution in [0, 0.1) is 11.3 Å².